The van der Waals surface area contributed by atoms with E-state index in [-0.39, 0.29) is 10.9 Å². The normalized spacial score (nSPS) is 17.2. The molecular weight excluding hydrogens is 413 g/mol. The van der Waals surface area contributed by atoms with E-state index < -0.39 is 51.7 Å². The lowest BCUT2D eigenvalue weighted by Crippen LogP contribution is -2.71. The molecule has 1 aromatic heterocycles. The lowest BCUT2D eigenvalue weighted by Gasteiger charge is -2.41. The molecule has 0 aliphatic heterocycles. The number of hydrogen-bond donors (Lipinski definition) is 1. The average molecular weight is 423 g/mol. The number of sulfone groups is 1. The highest BCUT2D eigenvalue weighted by molar-refractivity contribution is 7.90. The number of aromatic nitrogens is 3. The monoisotopic (exact) mass is 423 g/mol. The summed E-state index contributed by atoms with van der Waals surface area (Å²) in [6.07, 6.45) is -5.79. The van der Waals surface area contributed by atoms with Crippen LogP contribution < -0.4 is 0 Å². The molecule has 0 spiro atoms. The molecule has 0 aliphatic carbocycles. The zero-order chi connectivity index (χ0) is 20.8. The highest BCUT2D eigenvalue weighted by Gasteiger charge is 2.85. The van der Waals surface area contributed by atoms with Gasteiger partial charge in [0.25, 0.3) is 0 Å². The van der Waals surface area contributed by atoms with E-state index in [1.165, 1.54) is 0 Å². The van der Waals surface area contributed by atoms with Crippen LogP contribution in [0.1, 0.15) is 0 Å². The van der Waals surface area contributed by atoms with Crippen LogP contribution in [0.15, 0.2) is 12.7 Å². The van der Waals surface area contributed by atoms with Gasteiger partial charge in [0, 0.05) is 6.26 Å². The molecule has 1 N–H and O–H groups in total. The van der Waals surface area contributed by atoms with Crippen molar-refractivity contribution in [2.75, 3.05) is 12.0 Å². The van der Waals surface area contributed by atoms with Crippen LogP contribution in [0.4, 0.5) is 39.5 Å². The Hall–Kier alpha value is -1.58. The van der Waals surface area contributed by atoms with Crippen LogP contribution in [-0.4, -0.2) is 69.8 Å². The van der Waals surface area contributed by atoms with Crippen molar-refractivity contribution in [3.63, 3.8) is 0 Å². The molecule has 0 fully saturated rings. The Morgan fingerprint density at radius 3 is 1.81 bits per heavy atom. The fourth-order valence-corrected chi connectivity index (χ4v) is 3.06. The molecule has 0 amide bonds. The first kappa shape index (κ1) is 22.5. The Kier molecular flexibility index (Phi) is 5.39. The van der Waals surface area contributed by atoms with Gasteiger partial charge in [0.1, 0.15) is 12.7 Å². The van der Waals surface area contributed by atoms with E-state index in [1.54, 1.807) is 0 Å². The van der Waals surface area contributed by atoms with Crippen molar-refractivity contribution in [3.05, 3.63) is 12.7 Å². The number of rotatable bonds is 7. The van der Waals surface area contributed by atoms with Gasteiger partial charge in [-0.3, -0.25) is 0 Å². The Labute approximate surface area is 139 Å². The highest BCUT2D eigenvalue weighted by atomic mass is 32.2. The zero-order valence-corrected chi connectivity index (χ0v) is 13.3. The van der Waals surface area contributed by atoms with E-state index in [0.29, 0.717) is 12.7 Å². The van der Waals surface area contributed by atoms with Crippen molar-refractivity contribution in [2.45, 2.75) is 36.1 Å². The Balaban J connectivity index is 3.56. The van der Waals surface area contributed by atoms with Crippen molar-refractivity contribution in [2.24, 2.45) is 0 Å². The van der Waals surface area contributed by atoms with Crippen LogP contribution in [0.5, 0.6) is 0 Å². The number of nitrogens with zero attached hydrogens (tertiary/aromatic N) is 3. The molecule has 0 saturated heterocycles. The van der Waals surface area contributed by atoms with Crippen molar-refractivity contribution < 1.29 is 53.0 Å². The van der Waals surface area contributed by atoms with E-state index in [9.17, 15) is 53.0 Å². The van der Waals surface area contributed by atoms with E-state index in [1.807, 2.05) is 0 Å². The van der Waals surface area contributed by atoms with Crippen molar-refractivity contribution in [3.8, 4) is 0 Å². The number of halogens is 9. The first-order valence-corrected chi connectivity index (χ1v) is 8.27. The summed E-state index contributed by atoms with van der Waals surface area (Å²) in [4.78, 5) is 3.17. The fourth-order valence-electron chi connectivity index (χ4n) is 1.92. The van der Waals surface area contributed by atoms with Gasteiger partial charge < -0.3 is 5.11 Å². The molecule has 1 rings (SSSR count). The van der Waals surface area contributed by atoms with Crippen LogP contribution >= 0.6 is 0 Å². The molecule has 16 heteroatoms. The molecule has 1 atom stereocenters. The fraction of sp³-hybridized carbons (Fsp3) is 0.800. The van der Waals surface area contributed by atoms with Crippen LogP contribution in [-0.2, 0) is 16.4 Å². The molecule has 0 radical (unpaired) electrons. The summed E-state index contributed by atoms with van der Waals surface area (Å²) in [5.74, 6) is -23.3. The van der Waals surface area contributed by atoms with Crippen LogP contribution in [0, 0.1) is 0 Å². The SMILES string of the molecule is CS(=O)(=O)CC(O)(Cn1cncn1)C(F)(F)C(F)(F)C(F)(F)C(F)(F)F. The van der Waals surface area contributed by atoms with Gasteiger partial charge in [0.15, 0.2) is 15.4 Å². The molecule has 1 unspecified atom stereocenters. The molecule has 0 bridgehead atoms. The minimum atomic E-state index is -7.28. The van der Waals surface area contributed by atoms with Gasteiger partial charge in [-0.1, -0.05) is 0 Å². The lowest BCUT2D eigenvalue weighted by atomic mass is 9.88. The average Bonchev–Trinajstić information content (AvgIpc) is 2.86. The quantitative estimate of drug-likeness (QED) is 0.673. The summed E-state index contributed by atoms with van der Waals surface area (Å²) in [6.45, 7) is -1.86. The van der Waals surface area contributed by atoms with E-state index in [4.69, 9.17) is 0 Å². The maximum absolute atomic E-state index is 14.1. The largest absolute Gasteiger partial charge is 0.460 e. The third-order valence-electron chi connectivity index (χ3n) is 3.12. The second-order valence-electron chi connectivity index (χ2n) is 5.42. The molecule has 1 heterocycles. The lowest BCUT2D eigenvalue weighted by molar-refractivity contribution is -0.415. The standard InChI is InChI=1S/C10H10F9N3O3S/c1-26(24,25)3-6(23,2-22-5-20-4-21-22)7(11,12)8(13,14)9(15,16)10(17,18)19/h4-5,23H,2-3H2,1H3. The molecule has 0 aromatic carbocycles. The molecule has 1 aromatic rings. The molecule has 26 heavy (non-hydrogen) atoms. The first-order chi connectivity index (χ1) is 11.3. The van der Waals surface area contributed by atoms with Gasteiger partial charge in [-0.15, -0.1) is 0 Å². The third kappa shape index (κ3) is 3.74. The maximum Gasteiger partial charge on any atom is 0.460 e. The number of alkyl halides is 9. The van der Waals surface area contributed by atoms with Gasteiger partial charge >= 0.3 is 23.9 Å². The predicted molar refractivity (Wildman–Crippen MR) is 65.6 cm³/mol. The zero-order valence-electron chi connectivity index (χ0n) is 12.5. The Bertz CT molecular complexity index is 733. The number of aliphatic hydroxyl groups is 1. The minimum absolute atomic E-state index is 0.168. The van der Waals surface area contributed by atoms with E-state index in [2.05, 4.69) is 10.1 Å². The first-order valence-electron chi connectivity index (χ1n) is 6.21. The van der Waals surface area contributed by atoms with Crippen molar-refractivity contribution >= 4 is 9.84 Å². The smallest absolute Gasteiger partial charge is 0.380 e. The molecule has 152 valence electrons. The molecular formula is C10H10F9N3O3S. The Morgan fingerprint density at radius 1 is 0.962 bits per heavy atom. The Morgan fingerprint density at radius 2 is 1.46 bits per heavy atom. The third-order valence-corrected chi connectivity index (χ3v) is 4.12. The molecule has 6 nitrogen and oxygen atoms in total. The molecule has 0 aliphatic rings. The minimum Gasteiger partial charge on any atom is -0.380 e. The van der Waals surface area contributed by atoms with Crippen molar-refractivity contribution in [1.29, 1.82) is 0 Å². The van der Waals surface area contributed by atoms with Crippen molar-refractivity contribution in [1.82, 2.24) is 14.8 Å². The van der Waals surface area contributed by atoms with Crippen LogP contribution in [0.3, 0.4) is 0 Å². The topological polar surface area (TPSA) is 85.1 Å². The van der Waals surface area contributed by atoms with E-state index in [0.717, 1.165) is 0 Å². The maximum atomic E-state index is 14.1. The van der Waals surface area contributed by atoms with Crippen LogP contribution in [0.25, 0.3) is 0 Å². The molecule has 0 saturated carbocycles. The van der Waals surface area contributed by atoms with Gasteiger partial charge in [-0.05, 0) is 0 Å². The van der Waals surface area contributed by atoms with Gasteiger partial charge in [-0.2, -0.15) is 44.6 Å². The van der Waals surface area contributed by atoms with Gasteiger partial charge in [0.05, 0.1) is 12.3 Å². The van der Waals surface area contributed by atoms with E-state index >= 15 is 0 Å². The predicted octanol–water partition coefficient (Wildman–Crippen LogP) is 1.52. The van der Waals surface area contributed by atoms with Gasteiger partial charge in [0.2, 0.25) is 0 Å². The summed E-state index contributed by atoms with van der Waals surface area (Å²) in [7, 11) is -4.76. The highest BCUT2D eigenvalue weighted by Crippen LogP contribution is 2.56. The van der Waals surface area contributed by atoms with Gasteiger partial charge in [-0.25, -0.2) is 18.1 Å². The summed E-state index contributed by atoms with van der Waals surface area (Å²) >= 11 is 0. The summed E-state index contributed by atoms with van der Waals surface area (Å²) in [5, 5.41) is 12.9. The summed E-state index contributed by atoms with van der Waals surface area (Å²) in [6, 6.07) is 0. The summed E-state index contributed by atoms with van der Waals surface area (Å²) in [5.41, 5.74) is -4.58. The van der Waals surface area contributed by atoms with Crippen LogP contribution in [0.2, 0.25) is 0 Å². The second-order valence-corrected chi connectivity index (χ2v) is 7.56. The summed E-state index contributed by atoms with van der Waals surface area (Å²) < 4.78 is 140. The number of hydrogen-bond acceptors (Lipinski definition) is 5. The second kappa shape index (κ2) is 6.24.